The molecule has 2 aromatic carbocycles. The molecule has 0 spiro atoms. The maximum absolute atomic E-state index is 11.3. The second-order valence-electron chi connectivity index (χ2n) is 6.51. The summed E-state index contributed by atoms with van der Waals surface area (Å²) in [6.45, 7) is 3.44. The van der Waals surface area contributed by atoms with E-state index in [0.717, 1.165) is 11.3 Å². The van der Waals surface area contributed by atoms with Gasteiger partial charge in [-0.15, -0.1) is 0 Å². The summed E-state index contributed by atoms with van der Waals surface area (Å²) in [6, 6.07) is 17.0. The monoisotopic (exact) mass is 349 g/mol. The van der Waals surface area contributed by atoms with Crippen LogP contribution in [-0.4, -0.2) is 29.1 Å². The van der Waals surface area contributed by atoms with E-state index in [-0.39, 0.29) is 22.8 Å². The summed E-state index contributed by atoms with van der Waals surface area (Å²) in [4.78, 5) is 17.6. The molecule has 26 heavy (non-hydrogen) atoms. The highest BCUT2D eigenvalue weighted by Gasteiger charge is 2.28. The zero-order chi connectivity index (χ0) is 18.1. The zero-order valence-electron chi connectivity index (χ0n) is 14.4. The van der Waals surface area contributed by atoms with Crippen molar-refractivity contribution in [2.45, 2.75) is 19.1 Å². The third-order valence-corrected chi connectivity index (χ3v) is 4.69. The Morgan fingerprint density at radius 2 is 1.92 bits per heavy atom. The Hall–Kier alpha value is -2.99. The van der Waals surface area contributed by atoms with Crippen LogP contribution in [-0.2, 0) is 4.74 Å². The van der Waals surface area contributed by atoms with Gasteiger partial charge in [0, 0.05) is 25.4 Å². The van der Waals surface area contributed by atoms with Crippen molar-refractivity contribution in [3.63, 3.8) is 0 Å². The van der Waals surface area contributed by atoms with Crippen LogP contribution < -0.4 is 4.90 Å². The quantitative estimate of drug-likeness (QED) is 0.526. The van der Waals surface area contributed by atoms with Crippen molar-refractivity contribution in [2.24, 2.45) is 0 Å². The summed E-state index contributed by atoms with van der Waals surface area (Å²) in [5.74, 6) is 0. The molecule has 0 radical (unpaired) electrons. The lowest BCUT2D eigenvalue weighted by Crippen LogP contribution is -2.43. The molecule has 0 bridgehead atoms. The molecule has 1 saturated heterocycles. The van der Waals surface area contributed by atoms with E-state index in [2.05, 4.69) is 22.0 Å². The third kappa shape index (κ3) is 2.99. The molecule has 0 N–H and O–H groups in total. The highest BCUT2D eigenvalue weighted by Crippen LogP contribution is 2.35. The minimum absolute atomic E-state index is 0.0444. The van der Waals surface area contributed by atoms with Crippen LogP contribution in [0.4, 0.5) is 11.4 Å². The topological polar surface area (TPSA) is 68.5 Å². The maximum Gasteiger partial charge on any atom is 0.278 e. The predicted molar refractivity (Wildman–Crippen MR) is 100 cm³/mol. The van der Waals surface area contributed by atoms with Gasteiger partial charge in [0.15, 0.2) is 0 Å². The number of pyridine rings is 1. The molecule has 6 heteroatoms. The number of fused-ring (bicyclic) bond motifs is 1. The summed E-state index contributed by atoms with van der Waals surface area (Å²) in [5.41, 5.74) is 2.77. The lowest BCUT2D eigenvalue weighted by Gasteiger charge is -2.38. The molecule has 2 unspecified atom stereocenters. The minimum Gasteiger partial charge on any atom is -0.367 e. The molecule has 1 aliphatic heterocycles. The predicted octanol–water partition coefficient (Wildman–Crippen LogP) is 4.11. The number of rotatable bonds is 3. The van der Waals surface area contributed by atoms with E-state index in [9.17, 15) is 10.1 Å². The van der Waals surface area contributed by atoms with Gasteiger partial charge in [0.2, 0.25) is 0 Å². The summed E-state index contributed by atoms with van der Waals surface area (Å²) in [7, 11) is 0. The standard InChI is InChI=1S/C20H19N3O3/c1-14-12-22(13-19(26-14)15-6-3-2-4-7-15)18-10-9-17(23(24)25)16-8-5-11-21-20(16)18/h2-11,14,19H,12-13H2,1H3. The summed E-state index contributed by atoms with van der Waals surface area (Å²) in [5, 5.41) is 11.9. The first kappa shape index (κ1) is 16.5. The van der Waals surface area contributed by atoms with Crippen molar-refractivity contribution < 1.29 is 9.66 Å². The first-order chi connectivity index (χ1) is 12.6. The lowest BCUT2D eigenvalue weighted by molar-refractivity contribution is -0.383. The van der Waals surface area contributed by atoms with Crippen LogP contribution in [0, 0.1) is 10.1 Å². The molecule has 2 atom stereocenters. The molecule has 1 aromatic heterocycles. The van der Waals surface area contributed by atoms with Gasteiger partial charge in [-0.2, -0.15) is 0 Å². The number of aromatic nitrogens is 1. The van der Waals surface area contributed by atoms with Crippen molar-refractivity contribution in [3.05, 3.63) is 76.5 Å². The van der Waals surface area contributed by atoms with Crippen LogP contribution in [0.5, 0.6) is 0 Å². The number of morpholine rings is 1. The SMILES string of the molecule is CC1CN(c2ccc([N+](=O)[O-])c3cccnc23)CC(c2ccccc2)O1. The van der Waals surface area contributed by atoms with Gasteiger partial charge in [-0.3, -0.25) is 15.1 Å². The number of anilines is 1. The van der Waals surface area contributed by atoms with Gasteiger partial charge in [-0.05, 0) is 30.7 Å². The van der Waals surface area contributed by atoms with Crippen LogP contribution in [0.2, 0.25) is 0 Å². The van der Waals surface area contributed by atoms with Gasteiger partial charge in [0.1, 0.15) is 11.6 Å². The van der Waals surface area contributed by atoms with E-state index in [4.69, 9.17) is 4.74 Å². The fourth-order valence-corrected chi connectivity index (χ4v) is 3.56. The Morgan fingerprint density at radius 1 is 1.12 bits per heavy atom. The molecule has 2 heterocycles. The van der Waals surface area contributed by atoms with Crippen LogP contribution in [0.3, 0.4) is 0 Å². The molecule has 1 fully saturated rings. The van der Waals surface area contributed by atoms with Crippen molar-refractivity contribution in [1.29, 1.82) is 0 Å². The fraction of sp³-hybridized carbons (Fsp3) is 0.250. The van der Waals surface area contributed by atoms with Crippen molar-refractivity contribution in [1.82, 2.24) is 4.98 Å². The van der Waals surface area contributed by atoms with Gasteiger partial charge >= 0.3 is 0 Å². The van der Waals surface area contributed by atoms with Crippen LogP contribution >= 0.6 is 0 Å². The van der Waals surface area contributed by atoms with Gasteiger partial charge in [-0.25, -0.2) is 0 Å². The lowest BCUT2D eigenvalue weighted by atomic mass is 10.0. The minimum atomic E-state index is -0.359. The third-order valence-electron chi connectivity index (χ3n) is 4.69. The number of hydrogen-bond acceptors (Lipinski definition) is 5. The molecule has 3 aromatic rings. The Balaban J connectivity index is 1.75. The largest absolute Gasteiger partial charge is 0.367 e. The highest BCUT2D eigenvalue weighted by molar-refractivity contribution is 5.97. The highest BCUT2D eigenvalue weighted by atomic mass is 16.6. The van der Waals surface area contributed by atoms with Crippen molar-refractivity contribution in [2.75, 3.05) is 18.0 Å². The first-order valence-corrected chi connectivity index (χ1v) is 8.61. The van der Waals surface area contributed by atoms with Gasteiger partial charge in [0.05, 0.1) is 22.1 Å². The molecule has 0 aliphatic carbocycles. The summed E-state index contributed by atoms with van der Waals surface area (Å²) < 4.78 is 6.13. The van der Waals surface area contributed by atoms with E-state index in [1.54, 1.807) is 30.5 Å². The first-order valence-electron chi connectivity index (χ1n) is 8.61. The van der Waals surface area contributed by atoms with Gasteiger partial charge in [0.25, 0.3) is 5.69 Å². The Labute approximate surface area is 151 Å². The smallest absolute Gasteiger partial charge is 0.278 e. The number of hydrogen-bond donors (Lipinski definition) is 0. The van der Waals surface area contributed by atoms with E-state index in [1.807, 2.05) is 25.1 Å². The normalized spacial score (nSPS) is 20.3. The zero-order valence-corrected chi connectivity index (χ0v) is 14.4. The number of nitro groups is 1. The molecule has 0 saturated carbocycles. The summed E-state index contributed by atoms with van der Waals surface area (Å²) >= 11 is 0. The van der Waals surface area contributed by atoms with Gasteiger partial charge < -0.3 is 9.64 Å². The Kier molecular flexibility index (Phi) is 4.26. The molecule has 1 aliphatic rings. The van der Waals surface area contributed by atoms with Crippen molar-refractivity contribution in [3.8, 4) is 0 Å². The number of ether oxygens (including phenoxy) is 1. The Bertz CT molecular complexity index is 945. The van der Waals surface area contributed by atoms with Crippen molar-refractivity contribution >= 4 is 22.3 Å². The second-order valence-corrected chi connectivity index (χ2v) is 6.51. The van der Waals surface area contributed by atoms with Crippen LogP contribution in [0.1, 0.15) is 18.6 Å². The number of non-ortho nitro benzene ring substituents is 1. The number of nitrogens with zero attached hydrogens (tertiary/aromatic N) is 3. The average Bonchev–Trinajstić information content (AvgIpc) is 2.67. The number of benzene rings is 2. The molecular formula is C20H19N3O3. The van der Waals surface area contributed by atoms with E-state index >= 15 is 0 Å². The maximum atomic E-state index is 11.3. The van der Waals surface area contributed by atoms with E-state index < -0.39 is 0 Å². The molecule has 0 amide bonds. The van der Waals surface area contributed by atoms with Gasteiger partial charge in [-0.1, -0.05) is 30.3 Å². The molecule has 6 nitrogen and oxygen atoms in total. The van der Waals surface area contributed by atoms with Crippen LogP contribution in [0.25, 0.3) is 10.9 Å². The molecule has 4 rings (SSSR count). The fourth-order valence-electron chi connectivity index (χ4n) is 3.56. The van der Waals surface area contributed by atoms with E-state index in [1.165, 1.54) is 0 Å². The van der Waals surface area contributed by atoms with Crippen LogP contribution in [0.15, 0.2) is 60.8 Å². The number of nitro benzene ring substituents is 1. The summed E-state index contributed by atoms with van der Waals surface area (Å²) in [6.07, 6.45) is 1.67. The Morgan fingerprint density at radius 3 is 2.69 bits per heavy atom. The molecule has 132 valence electrons. The molecular weight excluding hydrogens is 330 g/mol. The van der Waals surface area contributed by atoms with E-state index in [0.29, 0.717) is 24.0 Å². The average molecular weight is 349 g/mol. The second kappa shape index (κ2) is 6.72.